The number of aryl methyl sites for hydroxylation is 2. The minimum Gasteiger partial charge on any atom is -0.393 e. The lowest BCUT2D eigenvalue weighted by Crippen LogP contribution is -2.41. The fraction of sp³-hybridized carbons (Fsp3) is 0.624. The van der Waals surface area contributed by atoms with Gasteiger partial charge < -0.3 is 68.3 Å². The van der Waals surface area contributed by atoms with Gasteiger partial charge in [-0.25, -0.2) is 39.9 Å². The molecule has 5 saturated carbocycles. The molecule has 0 bridgehead atoms. The molecule has 0 aromatic carbocycles. The molecule has 698 valence electrons. The first kappa shape index (κ1) is 98.2. The number of aliphatic hydroxyl groups is 1. The van der Waals surface area contributed by atoms with Gasteiger partial charge >= 0.3 is 0 Å². The predicted molar refractivity (Wildman–Crippen MR) is 507 cm³/mol. The van der Waals surface area contributed by atoms with E-state index in [2.05, 4.69) is 131 Å². The molecule has 5 aliphatic carbocycles. The second-order valence-corrected chi connectivity index (χ2v) is 38.1. The predicted octanol–water partition coefficient (Wildman–Crippen LogP) is 12.5. The maximum absolute atomic E-state index is 12.8. The van der Waals surface area contributed by atoms with Crippen LogP contribution in [0, 0.1) is 38.5 Å². The van der Waals surface area contributed by atoms with Gasteiger partial charge in [0.15, 0.2) is 16.9 Å². The van der Waals surface area contributed by atoms with E-state index in [-0.39, 0.29) is 136 Å². The highest BCUT2D eigenvalue weighted by Crippen LogP contribution is 2.30. The van der Waals surface area contributed by atoms with E-state index in [1.165, 1.54) is 18.6 Å². The second kappa shape index (κ2) is 44.7. The molecule has 0 radical (unpaired) electrons. The summed E-state index contributed by atoms with van der Waals surface area (Å²) in [7, 11) is 0. The average Bonchev–Trinajstić information content (AvgIpc) is 0.762. The number of hydrogen-bond acceptors (Lipinski definition) is 28. The standard InChI is InChI=1S/C22H33N5O2.C21H31N5O2.C20H30N6O2.C15H22N6O.C15H21N5O2/c1-12(2)20(28)24-16-7-9-17(10-8-16)25-22-23-11-18-14(5)15(6)21(29)27(13(3)4)19(18)26-22;1-12(2)20(28)23-15-6-8-16(9-7-15)24-21-22-11-17-14(5)10-18(27)26(13(3)4)19(17)25-21;1-11(2)9-16(27)22-13-5-7-14(8-6-13)23-20-21-10-15-18(26-20)24-17(12(3)4)25-19(15)28;1-8(2)12-19-13-11(14(22)20-12)7-17-15(21-13)18-10-5-3-9(16)4-6-10;1-8(2)12-18-13-11(14(22)19-12)7-16-15(20-13)17-9-3-5-10(21)6-4-9/h11-13,16-17H,7-10H2,1-6H3,(H,24,28)(H,23,25,26);10-13,15-16H,6-9H2,1-5H3,(H,23,28)(H,22,24,25);10-14H,5-9H2,1-4H3,(H,22,27)(H2,21,23,24,25,26,28);7-10H,3-6,16H2,1-2H3,(H2,17,18,19,20,21,22);7-10,21H,3-6H2,1-2H3,(H2,16,17,18,19,20,22). The fourth-order valence-electron chi connectivity index (χ4n) is 16.6. The number of H-pyrrole nitrogens is 3. The van der Waals surface area contributed by atoms with Gasteiger partial charge in [0.1, 0.15) is 44.9 Å². The number of rotatable bonds is 22. The number of amides is 3. The van der Waals surface area contributed by atoms with Crippen LogP contribution in [0.1, 0.15) is 310 Å². The molecule has 0 saturated heterocycles. The summed E-state index contributed by atoms with van der Waals surface area (Å²) in [5, 5.41) is 38.8. The van der Waals surface area contributed by atoms with Crippen molar-refractivity contribution in [3.05, 3.63) is 123 Å². The number of nitrogens with one attached hydrogen (secondary N) is 11. The number of hydrogen-bond donors (Lipinski definition) is 13. The molecule has 0 spiro atoms. The van der Waals surface area contributed by atoms with Gasteiger partial charge in [0.2, 0.25) is 47.5 Å². The second-order valence-electron chi connectivity index (χ2n) is 38.1. The lowest BCUT2D eigenvalue weighted by Gasteiger charge is -2.30. The van der Waals surface area contributed by atoms with E-state index in [0.717, 1.165) is 156 Å². The Hall–Kier alpha value is -11.4. The smallest absolute Gasteiger partial charge is 0.261 e. The molecule has 129 heavy (non-hydrogen) atoms. The van der Waals surface area contributed by atoms with Gasteiger partial charge in [-0.2, -0.15) is 24.9 Å². The molecule has 10 aromatic rings. The maximum atomic E-state index is 12.8. The number of carbonyl (C=O) groups is 3. The number of aliphatic hydroxyl groups excluding tert-OH is 1. The van der Waals surface area contributed by atoms with Crippen LogP contribution in [0.15, 0.2) is 61.0 Å². The first-order valence-corrected chi connectivity index (χ1v) is 46.6. The van der Waals surface area contributed by atoms with Crippen molar-refractivity contribution in [2.75, 3.05) is 26.6 Å². The highest BCUT2D eigenvalue weighted by molar-refractivity contribution is 5.82. The van der Waals surface area contributed by atoms with Crippen molar-refractivity contribution in [1.29, 1.82) is 0 Å². The van der Waals surface area contributed by atoms with Gasteiger partial charge in [0, 0.05) is 156 Å². The van der Waals surface area contributed by atoms with E-state index in [1.807, 2.05) is 124 Å². The van der Waals surface area contributed by atoms with Gasteiger partial charge in [0.25, 0.3) is 27.8 Å². The number of pyridine rings is 2. The fourth-order valence-corrected chi connectivity index (χ4v) is 16.6. The van der Waals surface area contributed by atoms with Crippen LogP contribution in [0.4, 0.5) is 29.7 Å². The number of anilines is 5. The van der Waals surface area contributed by atoms with Crippen molar-refractivity contribution in [3.8, 4) is 0 Å². The van der Waals surface area contributed by atoms with Crippen molar-refractivity contribution < 1.29 is 19.5 Å². The normalized spacial score (nSPS) is 20.7. The molecule has 15 rings (SSSR count). The van der Waals surface area contributed by atoms with E-state index >= 15 is 0 Å². The van der Waals surface area contributed by atoms with Crippen molar-refractivity contribution in [2.45, 2.75) is 357 Å². The quantitative estimate of drug-likeness (QED) is 0.0300. The monoisotopic (exact) mass is 1780 g/mol. The Kier molecular flexibility index (Phi) is 34.0. The Morgan fingerprint density at radius 1 is 0.388 bits per heavy atom. The topological polar surface area (TPSA) is 504 Å². The third-order valence-electron chi connectivity index (χ3n) is 24.6. The molecule has 0 atom stereocenters. The van der Waals surface area contributed by atoms with Gasteiger partial charge in [0.05, 0.1) is 6.10 Å². The highest BCUT2D eigenvalue weighted by atomic mass is 16.3. The first-order chi connectivity index (χ1) is 61.3. The molecular formula is C93H137N27O9. The molecule has 0 aliphatic heterocycles. The zero-order valence-electron chi connectivity index (χ0n) is 78.7. The summed E-state index contributed by atoms with van der Waals surface area (Å²) in [6.45, 7) is 37.3. The summed E-state index contributed by atoms with van der Waals surface area (Å²) in [6.07, 6.45) is 27.3. The lowest BCUT2D eigenvalue weighted by atomic mass is 9.91. The first-order valence-electron chi connectivity index (χ1n) is 46.6. The van der Waals surface area contributed by atoms with Crippen molar-refractivity contribution in [3.63, 3.8) is 0 Å². The van der Waals surface area contributed by atoms with Crippen LogP contribution in [-0.2, 0) is 14.4 Å². The summed E-state index contributed by atoms with van der Waals surface area (Å²) in [6, 6.07) is 4.13. The highest BCUT2D eigenvalue weighted by Gasteiger charge is 2.30. The third kappa shape index (κ3) is 26.7. The molecule has 10 aromatic heterocycles. The zero-order chi connectivity index (χ0) is 93.4. The number of nitrogens with zero attached hydrogens (tertiary/aromatic N) is 15. The van der Waals surface area contributed by atoms with Gasteiger partial charge in [-0.1, -0.05) is 83.1 Å². The molecule has 3 amide bonds. The summed E-state index contributed by atoms with van der Waals surface area (Å²) in [5.74, 6) is 5.70. The molecule has 5 aliphatic rings. The van der Waals surface area contributed by atoms with E-state index in [9.17, 15) is 43.5 Å². The Labute approximate surface area is 753 Å². The minimum absolute atomic E-state index is 0.0102. The van der Waals surface area contributed by atoms with Crippen molar-refractivity contribution in [2.24, 2.45) is 23.5 Å². The van der Waals surface area contributed by atoms with Crippen LogP contribution in [0.2, 0.25) is 0 Å². The molecule has 14 N–H and O–H groups in total. The zero-order valence-corrected chi connectivity index (χ0v) is 78.7. The van der Waals surface area contributed by atoms with E-state index < -0.39 is 0 Å². The Morgan fingerprint density at radius 3 is 1.02 bits per heavy atom. The Balaban J connectivity index is 0.000000157. The van der Waals surface area contributed by atoms with Crippen LogP contribution in [-0.4, -0.2) is 172 Å². The van der Waals surface area contributed by atoms with Crippen LogP contribution in [0.5, 0.6) is 0 Å². The maximum Gasteiger partial charge on any atom is 0.261 e. The summed E-state index contributed by atoms with van der Waals surface area (Å²) >= 11 is 0. The largest absolute Gasteiger partial charge is 0.393 e. The van der Waals surface area contributed by atoms with Crippen LogP contribution in [0.3, 0.4) is 0 Å². The van der Waals surface area contributed by atoms with Gasteiger partial charge in [-0.15, -0.1) is 0 Å². The molecule has 36 heteroatoms. The number of aromatic amines is 3. The summed E-state index contributed by atoms with van der Waals surface area (Å²) < 4.78 is 3.47. The third-order valence-corrected chi connectivity index (χ3v) is 24.6. The molecular weight excluding hydrogens is 1640 g/mol. The number of aromatic nitrogens is 18. The van der Waals surface area contributed by atoms with Crippen molar-refractivity contribution in [1.82, 2.24) is 105 Å². The van der Waals surface area contributed by atoms with Gasteiger partial charge in [-0.3, -0.25) is 47.5 Å². The van der Waals surface area contributed by atoms with Crippen LogP contribution < -0.4 is 76.1 Å². The van der Waals surface area contributed by atoms with Crippen molar-refractivity contribution >= 4 is 103 Å². The number of carbonyl (C=O) groups excluding carboxylic acids is 3. The van der Waals surface area contributed by atoms with Crippen LogP contribution in [0.25, 0.3) is 55.2 Å². The average molecular weight is 1780 g/mol. The number of fused-ring (bicyclic) bond motifs is 5. The summed E-state index contributed by atoms with van der Waals surface area (Å²) in [5.41, 5.74) is 10.5. The Morgan fingerprint density at radius 2 is 0.690 bits per heavy atom. The minimum atomic E-state index is -0.210. The Bertz CT molecular complexity index is 5700. The van der Waals surface area contributed by atoms with E-state index in [1.54, 1.807) is 21.4 Å². The molecule has 5 fully saturated rings. The molecule has 10 heterocycles. The van der Waals surface area contributed by atoms with Gasteiger partial charge in [-0.05, 0) is 194 Å². The molecule has 0 unspecified atom stereocenters. The van der Waals surface area contributed by atoms with E-state index in [4.69, 9.17) is 10.7 Å². The SMILES string of the molecule is CC(C)CC(=O)NC1CCC(Nc2ncc3c(=O)[nH]c(C(C)C)nc3n2)CC1.CC(C)c1nc2nc(NC3CCC(N)CC3)ncc2c(=O)[nH]1.CC(C)c1nc2nc(NC3CCC(O)CC3)ncc2c(=O)[nH]1.Cc1c(C)c2cnc(NC3CCC(NC(=O)C(C)C)CC3)nc2n(C(C)C)c1=O.Cc1cc(=O)n(C(C)C)c2nc(NC3CCC(NC(=O)C(C)C)CC3)ncc12. The van der Waals surface area contributed by atoms with Crippen LogP contribution >= 0.6 is 0 Å². The number of nitrogens with two attached hydrogens (primary N) is 1. The van der Waals surface area contributed by atoms with E-state index in [0.29, 0.717) is 116 Å². The molecule has 36 nitrogen and oxygen atoms in total. The lowest BCUT2D eigenvalue weighted by molar-refractivity contribution is -0.125. The summed E-state index contributed by atoms with van der Waals surface area (Å²) in [4.78, 5) is 163.